The summed E-state index contributed by atoms with van der Waals surface area (Å²) < 4.78 is 0. The molecule has 1 aliphatic heterocycles. The minimum Gasteiger partial charge on any atom is -0.396 e. The highest BCUT2D eigenvalue weighted by molar-refractivity contribution is 4.69. The Bertz CT molecular complexity index is 167. The molecule has 0 bridgehead atoms. The van der Waals surface area contributed by atoms with Crippen LogP contribution in [0.5, 0.6) is 0 Å². The summed E-state index contributed by atoms with van der Waals surface area (Å²) in [5.41, 5.74) is 0. The van der Waals surface area contributed by atoms with Crippen LogP contribution in [-0.2, 0) is 0 Å². The average Bonchev–Trinajstić information content (AvgIpc) is 2.30. The standard InChI is InChI=1S/C13H28N2O/c1-3-13(6-12-16)5-4-7-15-10-8-14(2)9-11-15/h13,16H,3-12H2,1-2H3/t13-/m1/s1. The number of aliphatic hydroxyl groups is 1. The van der Waals surface area contributed by atoms with Gasteiger partial charge in [0, 0.05) is 32.8 Å². The Labute approximate surface area is 100 Å². The van der Waals surface area contributed by atoms with Crippen LogP contribution < -0.4 is 0 Å². The number of rotatable bonds is 7. The first kappa shape index (κ1) is 13.9. The van der Waals surface area contributed by atoms with Crippen molar-refractivity contribution in [2.24, 2.45) is 5.92 Å². The maximum atomic E-state index is 8.93. The lowest BCUT2D eigenvalue weighted by molar-refractivity contribution is 0.148. The van der Waals surface area contributed by atoms with Gasteiger partial charge in [0.1, 0.15) is 0 Å². The van der Waals surface area contributed by atoms with Crippen molar-refractivity contribution in [3.05, 3.63) is 0 Å². The van der Waals surface area contributed by atoms with Crippen LogP contribution >= 0.6 is 0 Å². The minimum absolute atomic E-state index is 0.354. The molecule has 0 amide bonds. The van der Waals surface area contributed by atoms with Crippen LogP contribution in [0.3, 0.4) is 0 Å². The van der Waals surface area contributed by atoms with Crippen LogP contribution in [0.1, 0.15) is 32.6 Å². The molecular weight excluding hydrogens is 200 g/mol. The molecule has 1 rings (SSSR count). The summed E-state index contributed by atoms with van der Waals surface area (Å²) in [6.45, 7) is 8.72. The van der Waals surface area contributed by atoms with Crippen LogP contribution in [0.25, 0.3) is 0 Å². The summed E-state index contributed by atoms with van der Waals surface area (Å²) in [7, 11) is 2.20. The van der Waals surface area contributed by atoms with Gasteiger partial charge in [-0.15, -0.1) is 0 Å². The van der Waals surface area contributed by atoms with Crippen molar-refractivity contribution in [3.8, 4) is 0 Å². The number of likely N-dealkylation sites (N-methyl/N-ethyl adjacent to an activating group) is 1. The predicted octanol–water partition coefficient (Wildman–Crippen LogP) is 1.42. The summed E-state index contributed by atoms with van der Waals surface area (Å²) in [6.07, 6.45) is 4.77. The molecule has 0 unspecified atom stereocenters. The molecule has 96 valence electrons. The van der Waals surface area contributed by atoms with E-state index in [1.54, 1.807) is 0 Å². The fraction of sp³-hybridized carbons (Fsp3) is 1.00. The highest BCUT2D eigenvalue weighted by Crippen LogP contribution is 2.15. The molecule has 0 spiro atoms. The third-order valence-corrected chi connectivity index (χ3v) is 3.80. The molecule has 0 aromatic heterocycles. The molecule has 1 N–H and O–H groups in total. The van der Waals surface area contributed by atoms with E-state index < -0.39 is 0 Å². The summed E-state index contributed by atoms with van der Waals surface area (Å²) in [5.74, 6) is 0.734. The van der Waals surface area contributed by atoms with Crippen LogP contribution in [0.2, 0.25) is 0 Å². The van der Waals surface area contributed by atoms with E-state index in [1.807, 2.05) is 0 Å². The largest absolute Gasteiger partial charge is 0.396 e. The van der Waals surface area contributed by atoms with Gasteiger partial charge in [0.2, 0.25) is 0 Å². The average molecular weight is 228 g/mol. The van der Waals surface area contributed by atoms with Gasteiger partial charge in [0.05, 0.1) is 0 Å². The molecule has 0 aromatic carbocycles. The number of hydrogen-bond donors (Lipinski definition) is 1. The highest BCUT2D eigenvalue weighted by atomic mass is 16.3. The van der Waals surface area contributed by atoms with Gasteiger partial charge < -0.3 is 14.9 Å². The Morgan fingerprint density at radius 3 is 2.38 bits per heavy atom. The third-order valence-electron chi connectivity index (χ3n) is 3.80. The van der Waals surface area contributed by atoms with Gasteiger partial charge >= 0.3 is 0 Å². The number of piperazine rings is 1. The lowest BCUT2D eigenvalue weighted by Gasteiger charge is -2.32. The van der Waals surface area contributed by atoms with E-state index in [2.05, 4.69) is 23.8 Å². The first-order chi connectivity index (χ1) is 7.76. The highest BCUT2D eigenvalue weighted by Gasteiger charge is 2.13. The maximum Gasteiger partial charge on any atom is 0.0433 e. The van der Waals surface area contributed by atoms with Gasteiger partial charge in [0.25, 0.3) is 0 Å². The van der Waals surface area contributed by atoms with Crippen molar-refractivity contribution >= 4 is 0 Å². The SMILES string of the molecule is CC[C@@H](CCO)CCCN1CCN(C)CC1. The molecule has 0 saturated carbocycles. The second-order valence-electron chi connectivity index (χ2n) is 5.07. The van der Waals surface area contributed by atoms with Gasteiger partial charge in [-0.1, -0.05) is 13.3 Å². The van der Waals surface area contributed by atoms with Gasteiger partial charge in [-0.2, -0.15) is 0 Å². The lowest BCUT2D eigenvalue weighted by atomic mass is 9.97. The third kappa shape index (κ3) is 5.28. The van der Waals surface area contributed by atoms with E-state index in [1.165, 1.54) is 52.0 Å². The molecule has 0 aromatic rings. The normalized spacial score (nSPS) is 21.2. The van der Waals surface area contributed by atoms with Gasteiger partial charge in [0.15, 0.2) is 0 Å². The van der Waals surface area contributed by atoms with E-state index >= 15 is 0 Å². The molecule has 3 heteroatoms. The van der Waals surface area contributed by atoms with Gasteiger partial charge in [-0.25, -0.2) is 0 Å². The smallest absolute Gasteiger partial charge is 0.0433 e. The molecule has 0 radical (unpaired) electrons. The van der Waals surface area contributed by atoms with E-state index in [0.29, 0.717) is 6.61 Å². The summed E-state index contributed by atoms with van der Waals surface area (Å²) in [6, 6.07) is 0. The number of nitrogens with zero attached hydrogens (tertiary/aromatic N) is 2. The van der Waals surface area contributed by atoms with Crippen molar-refractivity contribution in [3.63, 3.8) is 0 Å². The predicted molar refractivity (Wildman–Crippen MR) is 68.7 cm³/mol. The monoisotopic (exact) mass is 228 g/mol. The summed E-state index contributed by atoms with van der Waals surface area (Å²) in [5, 5.41) is 8.93. The van der Waals surface area contributed by atoms with E-state index in [9.17, 15) is 0 Å². The molecule has 3 nitrogen and oxygen atoms in total. The maximum absolute atomic E-state index is 8.93. The van der Waals surface area contributed by atoms with Crippen LogP contribution in [-0.4, -0.2) is 61.3 Å². The van der Waals surface area contributed by atoms with Gasteiger partial charge in [-0.3, -0.25) is 0 Å². The number of hydrogen-bond acceptors (Lipinski definition) is 3. The van der Waals surface area contributed by atoms with Crippen molar-refractivity contribution < 1.29 is 5.11 Å². The van der Waals surface area contributed by atoms with E-state index in [4.69, 9.17) is 5.11 Å². The lowest BCUT2D eigenvalue weighted by Crippen LogP contribution is -2.44. The van der Waals surface area contributed by atoms with Crippen molar-refractivity contribution in [1.82, 2.24) is 9.80 Å². The Morgan fingerprint density at radius 1 is 1.12 bits per heavy atom. The van der Waals surface area contributed by atoms with Gasteiger partial charge in [-0.05, 0) is 38.8 Å². The molecule has 1 saturated heterocycles. The molecular formula is C13H28N2O. The number of aliphatic hydroxyl groups excluding tert-OH is 1. The minimum atomic E-state index is 0.354. The Kier molecular flexibility index (Phi) is 7.01. The molecule has 1 heterocycles. The van der Waals surface area contributed by atoms with Crippen LogP contribution in [0.4, 0.5) is 0 Å². The quantitative estimate of drug-likeness (QED) is 0.714. The van der Waals surface area contributed by atoms with Crippen molar-refractivity contribution in [1.29, 1.82) is 0 Å². The zero-order chi connectivity index (χ0) is 11.8. The molecule has 16 heavy (non-hydrogen) atoms. The first-order valence-corrected chi connectivity index (χ1v) is 6.78. The van der Waals surface area contributed by atoms with Crippen molar-refractivity contribution in [2.75, 3.05) is 46.4 Å². The zero-order valence-electron chi connectivity index (χ0n) is 11.0. The molecule has 1 fully saturated rings. The molecule has 0 aliphatic carbocycles. The fourth-order valence-corrected chi connectivity index (χ4v) is 2.41. The zero-order valence-corrected chi connectivity index (χ0v) is 11.0. The Balaban J connectivity index is 2.05. The molecule has 1 atom stereocenters. The second-order valence-corrected chi connectivity index (χ2v) is 5.07. The van der Waals surface area contributed by atoms with E-state index in [-0.39, 0.29) is 0 Å². The van der Waals surface area contributed by atoms with E-state index in [0.717, 1.165) is 12.3 Å². The van der Waals surface area contributed by atoms with Crippen LogP contribution in [0, 0.1) is 5.92 Å². The van der Waals surface area contributed by atoms with Crippen molar-refractivity contribution in [2.45, 2.75) is 32.6 Å². The molecule has 1 aliphatic rings. The first-order valence-electron chi connectivity index (χ1n) is 6.78. The summed E-state index contributed by atoms with van der Waals surface area (Å²) in [4.78, 5) is 4.97. The van der Waals surface area contributed by atoms with Crippen LogP contribution in [0.15, 0.2) is 0 Å². The Morgan fingerprint density at radius 2 is 1.81 bits per heavy atom. The Hall–Kier alpha value is -0.120. The topological polar surface area (TPSA) is 26.7 Å². The fourth-order valence-electron chi connectivity index (χ4n) is 2.41. The second kappa shape index (κ2) is 8.04. The summed E-state index contributed by atoms with van der Waals surface area (Å²) >= 11 is 0.